The average Bonchev–Trinajstić information content (AvgIpc) is 3.61. The normalized spacial score (nSPS) is 19.1. The van der Waals surface area contributed by atoms with Crippen LogP contribution in [0.25, 0.3) is 0 Å². The van der Waals surface area contributed by atoms with E-state index < -0.39 is 23.5 Å². The Bertz CT molecular complexity index is 1440. The molecular weight excluding hydrogens is 517 g/mol. The molecule has 0 aromatic heterocycles. The van der Waals surface area contributed by atoms with Crippen LogP contribution >= 0.6 is 0 Å². The van der Waals surface area contributed by atoms with E-state index in [9.17, 15) is 18.8 Å². The maximum atomic E-state index is 14.3. The molecule has 3 aliphatic heterocycles. The molecule has 1 spiro atoms. The molecule has 3 heterocycles. The lowest BCUT2D eigenvalue weighted by Crippen LogP contribution is -2.59. The Hall–Kier alpha value is -4.44. The van der Waals surface area contributed by atoms with Crippen molar-refractivity contribution in [1.29, 1.82) is 0 Å². The molecule has 0 radical (unpaired) electrons. The number of hydrogen-bond acceptors (Lipinski definition) is 6. The van der Waals surface area contributed by atoms with Crippen molar-refractivity contribution in [2.24, 2.45) is 0 Å². The van der Waals surface area contributed by atoms with Crippen molar-refractivity contribution < 1.29 is 33.0 Å². The predicted molar refractivity (Wildman–Crippen MR) is 141 cm³/mol. The van der Waals surface area contributed by atoms with Gasteiger partial charge in [0.2, 0.25) is 12.7 Å². The summed E-state index contributed by atoms with van der Waals surface area (Å²) < 4.78 is 31.3. The monoisotopic (exact) mass is 545 g/mol. The van der Waals surface area contributed by atoms with E-state index in [1.807, 2.05) is 18.2 Å². The third-order valence-corrected chi connectivity index (χ3v) is 7.64. The molecule has 0 unspecified atom stereocenters. The molecule has 3 amide bonds. The summed E-state index contributed by atoms with van der Waals surface area (Å²) in [5, 5.41) is 2.93. The van der Waals surface area contributed by atoms with Crippen molar-refractivity contribution in [3.05, 3.63) is 95.3 Å². The van der Waals surface area contributed by atoms with E-state index in [-0.39, 0.29) is 63.3 Å². The molecule has 0 aliphatic carbocycles. The lowest BCUT2D eigenvalue weighted by atomic mass is 9.96. The molecule has 9 nitrogen and oxygen atoms in total. The van der Waals surface area contributed by atoms with Crippen LogP contribution in [0.1, 0.15) is 39.1 Å². The summed E-state index contributed by atoms with van der Waals surface area (Å²) in [6.07, 6.45) is 0.579. The maximum Gasteiger partial charge on any atom is 0.256 e. The fourth-order valence-electron chi connectivity index (χ4n) is 5.51. The number of carbonyl (C=O) groups excluding carboxylic acids is 3. The molecule has 3 aromatic carbocycles. The second kappa shape index (κ2) is 10.6. The Labute approximate surface area is 230 Å². The molecule has 2 fully saturated rings. The number of piperidine rings is 1. The second-order valence-electron chi connectivity index (χ2n) is 9.99. The highest BCUT2D eigenvalue weighted by Crippen LogP contribution is 2.39. The highest BCUT2D eigenvalue weighted by molar-refractivity contribution is 5.98. The molecule has 2 saturated heterocycles. The minimum Gasteiger partial charge on any atom is -0.454 e. The number of amides is 3. The summed E-state index contributed by atoms with van der Waals surface area (Å²) >= 11 is 0. The molecule has 6 rings (SSSR count). The lowest BCUT2D eigenvalue weighted by molar-refractivity contribution is -0.128. The first-order valence-electron chi connectivity index (χ1n) is 13.2. The van der Waals surface area contributed by atoms with Gasteiger partial charge in [0.1, 0.15) is 17.6 Å². The van der Waals surface area contributed by atoms with Gasteiger partial charge in [-0.1, -0.05) is 36.4 Å². The number of nitrogens with zero attached hydrogens (tertiary/aromatic N) is 2. The minimum atomic E-state index is -1.07. The molecule has 3 aromatic rings. The van der Waals surface area contributed by atoms with Crippen LogP contribution in [0.5, 0.6) is 11.5 Å². The van der Waals surface area contributed by atoms with Crippen LogP contribution in [-0.4, -0.2) is 65.8 Å². The Balaban J connectivity index is 1.20. The first kappa shape index (κ1) is 25.8. The van der Waals surface area contributed by atoms with E-state index in [0.717, 1.165) is 5.56 Å². The van der Waals surface area contributed by atoms with E-state index in [1.165, 1.54) is 23.1 Å². The minimum absolute atomic E-state index is 0.00350. The fourth-order valence-corrected chi connectivity index (χ4v) is 5.51. The average molecular weight is 546 g/mol. The number of carbonyl (C=O) groups is 3. The van der Waals surface area contributed by atoms with E-state index in [4.69, 9.17) is 14.2 Å². The molecule has 10 heteroatoms. The molecule has 3 aliphatic rings. The van der Waals surface area contributed by atoms with Crippen molar-refractivity contribution in [3.63, 3.8) is 0 Å². The Morgan fingerprint density at radius 2 is 1.62 bits per heavy atom. The van der Waals surface area contributed by atoms with Crippen LogP contribution in [0.15, 0.2) is 72.8 Å². The van der Waals surface area contributed by atoms with Crippen LogP contribution in [0.3, 0.4) is 0 Å². The Kier molecular flexibility index (Phi) is 6.85. The van der Waals surface area contributed by atoms with E-state index in [0.29, 0.717) is 17.1 Å². The topological polar surface area (TPSA) is 97.4 Å². The van der Waals surface area contributed by atoms with Crippen molar-refractivity contribution in [3.8, 4) is 11.5 Å². The van der Waals surface area contributed by atoms with Crippen molar-refractivity contribution in [1.82, 2.24) is 15.1 Å². The van der Waals surface area contributed by atoms with Gasteiger partial charge < -0.3 is 24.4 Å². The largest absolute Gasteiger partial charge is 0.454 e. The van der Waals surface area contributed by atoms with Gasteiger partial charge >= 0.3 is 0 Å². The summed E-state index contributed by atoms with van der Waals surface area (Å²) in [6.45, 7) is 0.908. The van der Waals surface area contributed by atoms with Gasteiger partial charge in [0.05, 0.1) is 12.2 Å². The number of fused-ring (bicyclic) bond motifs is 1. The van der Waals surface area contributed by atoms with E-state index in [2.05, 4.69) is 5.32 Å². The van der Waals surface area contributed by atoms with Crippen LogP contribution < -0.4 is 14.8 Å². The standard InChI is InChI=1S/C30H28FN3O6/c31-23-9-5-4-8-22(23)29(37)33-14-12-30(13-15-33)34(28(36)21-6-2-1-3-7-21)24(18-40-30)27(35)32-17-20-10-11-25-26(16-20)39-19-38-25/h1-11,16,24H,12-15,17-19H2,(H,32,35)/t24-/m0/s1. The molecule has 0 bridgehead atoms. The predicted octanol–water partition coefficient (Wildman–Crippen LogP) is 3.34. The number of ether oxygens (including phenoxy) is 3. The third kappa shape index (κ3) is 4.75. The lowest BCUT2D eigenvalue weighted by Gasteiger charge is -2.44. The zero-order chi connectivity index (χ0) is 27.7. The van der Waals surface area contributed by atoms with Crippen molar-refractivity contribution in [2.45, 2.75) is 31.2 Å². The number of nitrogens with one attached hydrogen (secondary N) is 1. The molecular formula is C30H28FN3O6. The van der Waals surface area contributed by atoms with Crippen molar-refractivity contribution in [2.75, 3.05) is 26.5 Å². The van der Waals surface area contributed by atoms with Gasteiger partial charge in [-0.15, -0.1) is 0 Å². The number of halogens is 1. The Morgan fingerprint density at radius 3 is 2.40 bits per heavy atom. The number of benzene rings is 3. The summed E-state index contributed by atoms with van der Waals surface area (Å²) in [5.74, 6) is -0.387. The third-order valence-electron chi connectivity index (χ3n) is 7.64. The van der Waals surface area contributed by atoms with E-state index >= 15 is 0 Å². The van der Waals surface area contributed by atoms with Crippen molar-refractivity contribution >= 4 is 17.7 Å². The summed E-state index contributed by atoms with van der Waals surface area (Å²) in [7, 11) is 0. The fraction of sp³-hybridized carbons (Fsp3) is 0.300. The van der Waals surface area contributed by atoms with Crippen LogP contribution in [0, 0.1) is 5.82 Å². The maximum absolute atomic E-state index is 14.3. The first-order chi connectivity index (χ1) is 19.4. The van der Waals surface area contributed by atoms with Gasteiger partial charge in [-0.05, 0) is 42.0 Å². The zero-order valence-corrected chi connectivity index (χ0v) is 21.7. The zero-order valence-electron chi connectivity index (χ0n) is 21.7. The quantitative estimate of drug-likeness (QED) is 0.528. The molecule has 206 valence electrons. The van der Waals surface area contributed by atoms with E-state index in [1.54, 1.807) is 41.3 Å². The van der Waals surface area contributed by atoms with Crippen LogP contribution in [-0.2, 0) is 16.1 Å². The number of likely N-dealkylation sites (tertiary alicyclic amines) is 1. The van der Waals surface area contributed by atoms with Gasteiger partial charge in [0.25, 0.3) is 11.8 Å². The second-order valence-corrected chi connectivity index (χ2v) is 9.99. The smallest absolute Gasteiger partial charge is 0.256 e. The van der Waals surface area contributed by atoms with Gasteiger partial charge in [-0.3, -0.25) is 19.3 Å². The van der Waals surface area contributed by atoms with Gasteiger partial charge in [-0.2, -0.15) is 0 Å². The molecule has 1 atom stereocenters. The molecule has 40 heavy (non-hydrogen) atoms. The Morgan fingerprint density at radius 1 is 0.900 bits per heavy atom. The summed E-state index contributed by atoms with van der Waals surface area (Å²) in [4.78, 5) is 43.4. The number of rotatable bonds is 5. The summed E-state index contributed by atoms with van der Waals surface area (Å²) in [6, 6.07) is 19.2. The SMILES string of the molecule is O=C(NCc1ccc2c(c1)OCO2)[C@@H]1COC2(CCN(C(=O)c3ccccc3F)CC2)N1C(=O)c1ccccc1. The number of hydrogen-bond donors (Lipinski definition) is 1. The molecule has 0 saturated carbocycles. The summed E-state index contributed by atoms with van der Waals surface area (Å²) in [5.41, 5.74) is 0.196. The van der Waals surface area contributed by atoms with Crippen LogP contribution in [0.4, 0.5) is 4.39 Å². The first-order valence-corrected chi connectivity index (χ1v) is 13.2. The van der Waals surface area contributed by atoms with Gasteiger partial charge in [0, 0.05) is 38.0 Å². The molecule has 1 N–H and O–H groups in total. The van der Waals surface area contributed by atoms with Crippen LogP contribution in [0.2, 0.25) is 0 Å². The highest BCUT2D eigenvalue weighted by Gasteiger charge is 2.54. The van der Waals surface area contributed by atoms with Gasteiger partial charge in [-0.25, -0.2) is 4.39 Å². The highest BCUT2D eigenvalue weighted by atomic mass is 19.1. The van der Waals surface area contributed by atoms with Gasteiger partial charge in [0.15, 0.2) is 11.5 Å².